The molecule has 0 saturated carbocycles. The largest absolute Gasteiger partial charge is 0.207 e. The van der Waals surface area contributed by atoms with Gasteiger partial charge in [0.15, 0.2) is 0 Å². The Morgan fingerprint density at radius 2 is 1.41 bits per heavy atom. The van der Waals surface area contributed by atoms with Crippen LogP contribution in [0.4, 0.5) is 4.39 Å². The summed E-state index contributed by atoms with van der Waals surface area (Å²) in [6.07, 6.45) is 3.31. The zero-order valence-corrected chi connectivity index (χ0v) is 14.4. The topological polar surface area (TPSA) is 0 Å². The zero-order valence-electron chi connectivity index (χ0n) is 14.4. The lowest BCUT2D eigenvalue weighted by molar-refractivity contribution is 0.581. The minimum Gasteiger partial charge on any atom is -0.207 e. The van der Waals surface area contributed by atoms with Crippen LogP contribution in [0.2, 0.25) is 0 Å². The number of hydrogen-bond donors (Lipinski definition) is 0. The highest BCUT2D eigenvalue weighted by atomic mass is 19.1. The molecular formula is C21H29F. The summed E-state index contributed by atoms with van der Waals surface area (Å²) < 4.78 is 12.7. The second-order valence-electron chi connectivity index (χ2n) is 6.65. The third-order valence-electron chi connectivity index (χ3n) is 3.39. The fraction of sp³-hybridized carbons (Fsp3) is 0.429. The van der Waals surface area contributed by atoms with Gasteiger partial charge in [0.1, 0.15) is 5.82 Å². The van der Waals surface area contributed by atoms with Gasteiger partial charge in [-0.1, -0.05) is 70.2 Å². The average Bonchev–Trinajstić information content (AvgIpc) is 2.46. The van der Waals surface area contributed by atoms with Gasteiger partial charge in [-0.2, -0.15) is 0 Å². The zero-order chi connectivity index (χ0) is 16.4. The first-order valence-electron chi connectivity index (χ1n) is 8.25. The first-order chi connectivity index (χ1) is 10.5. The lowest BCUT2D eigenvalue weighted by Crippen LogP contribution is -1.92. The minimum atomic E-state index is -0.128. The van der Waals surface area contributed by atoms with Crippen molar-refractivity contribution in [2.75, 3.05) is 0 Å². The van der Waals surface area contributed by atoms with Crippen molar-refractivity contribution in [2.24, 2.45) is 11.8 Å². The molecule has 0 aliphatic carbocycles. The van der Waals surface area contributed by atoms with E-state index in [4.69, 9.17) is 0 Å². The molecule has 0 spiro atoms. The third kappa shape index (κ3) is 8.61. The summed E-state index contributed by atoms with van der Waals surface area (Å²) in [7, 11) is 0. The van der Waals surface area contributed by atoms with Crippen molar-refractivity contribution in [1.82, 2.24) is 0 Å². The Morgan fingerprint density at radius 1 is 0.773 bits per heavy atom. The SMILES string of the molecule is CC(C)CCc1cccc(F)c1.CC(C)Cc1ccccc1. The van der Waals surface area contributed by atoms with Gasteiger partial charge < -0.3 is 0 Å². The van der Waals surface area contributed by atoms with Gasteiger partial charge in [-0.3, -0.25) is 0 Å². The van der Waals surface area contributed by atoms with Crippen molar-refractivity contribution in [2.45, 2.75) is 47.0 Å². The van der Waals surface area contributed by atoms with E-state index in [9.17, 15) is 4.39 Å². The Labute approximate surface area is 135 Å². The second kappa shape index (κ2) is 10.2. The van der Waals surface area contributed by atoms with Crippen LogP contribution in [0.1, 0.15) is 45.2 Å². The minimum absolute atomic E-state index is 0.128. The molecule has 0 unspecified atom stereocenters. The third-order valence-corrected chi connectivity index (χ3v) is 3.39. The molecule has 0 radical (unpaired) electrons. The number of benzene rings is 2. The molecule has 2 rings (SSSR count). The molecular weight excluding hydrogens is 271 g/mol. The maximum absolute atomic E-state index is 12.7. The Morgan fingerprint density at radius 3 is 1.95 bits per heavy atom. The molecule has 0 aromatic heterocycles. The van der Waals surface area contributed by atoms with E-state index >= 15 is 0 Å². The molecule has 0 aliphatic heterocycles. The maximum Gasteiger partial charge on any atom is 0.123 e. The molecule has 2 aromatic carbocycles. The molecule has 0 atom stereocenters. The van der Waals surface area contributed by atoms with Crippen molar-refractivity contribution < 1.29 is 4.39 Å². The van der Waals surface area contributed by atoms with Gasteiger partial charge in [-0.05, 0) is 54.4 Å². The van der Waals surface area contributed by atoms with Crippen molar-refractivity contribution in [3.05, 3.63) is 71.5 Å². The van der Waals surface area contributed by atoms with Crippen LogP contribution in [-0.2, 0) is 12.8 Å². The van der Waals surface area contributed by atoms with Crippen molar-refractivity contribution >= 4 is 0 Å². The van der Waals surface area contributed by atoms with E-state index < -0.39 is 0 Å². The molecule has 0 heterocycles. The predicted octanol–water partition coefficient (Wildman–Crippen LogP) is 6.30. The Bertz CT molecular complexity index is 514. The lowest BCUT2D eigenvalue weighted by atomic mass is 10.0. The van der Waals surface area contributed by atoms with Crippen LogP contribution in [0.5, 0.6) is 0 Å². The van der Waals surface area contributed by atoms with E-state index in [1.54, 1.807) is 12.1 Å². The summed E-state index contributed by atoms with van der Waals surface area (Å²) in [5.41, 5.74) is 2.54. The van der Waals surface area contributed by atoms with Gasteiger partial charge in [-0.15, -0.1) is 0 Å². The Balaban J connectivity index is 0.000000224. The van der Waals surface area contributed by atoms with Crippen LogP contribution in [0.25, 0.3) is 0 Å². The van der Waals surface area contributed by atoms with Crippen LogP contribution in [0.3, 0.4) is 0 Å². The first-order valence-corrected chi connectivity index (χ1v) is 8.25. The van der Waals surface area contributed by atoms with E-state index in [1.807, 2.05) is 6.07 Å². The van der Waals surface area contributed by atoms with Crippen LogP contribution < -0.4 is 0 Å². The maximum atomic E-state index is 12.7. The molecule has 0 bridgehead atoms. The van der Waals surface area contributed by atoms with E-state index in [-0.39, 0.29) is 5.82 Å². The lowest BCUT2D eigenvalue weighted by Gasteiger charge is -2.03. The van der Waals surface area contributed by atoms with Gasteiger partial charge in [0.2, 0.25) is 0 Å². The molecule has 0 fully saturated rings. The van der Waals surface area contributed by atoms with Gasteiger partial charge in [-0.25, -0.2) is 4.39 Å². The van der Waals surface area contributed by atoms with Crippen LogP contribution in [0, 0.1) is 17.7 Å². The molecule has 0 N–H and O–H groups in total. The van der Waals surface area contributed by atoms with E-state index in [2.05, 4.69) is 58.0 Å². The number of halogens is 1. The fourth-order valence-corrected chi connectivity index (χ4v) is 2.23. The predicted molar refractivity (Wildman–Crippen MR) is 94.5 cm³/mol. The van der Waals surface area contributed by atoms with Crippen LogP contribution in [-0.4, -0.2) is 0 Å². The molecule has 0 amide bonds. The highest BCUT2D eigenvalue weighted by molar-refractivity contribution is 5.16. The highest BCUT2D eigenvalue weighted by Gasteiger charge is 1.97. The first kappa shape index (κ1) is 18.4. The number of aryl methyl sites for hydroxylation is 1. The van der Waals surface area contributed by atoms with Crippen molar-refractivity contribution in [3.8, 4) is 0 Å². The molecule has 120 valence electrons. The van der Waals surface area contributed by atoms with Crippen LogP contribution >= 0.6 is 0 Å². The summed E-state index contributed by atoms with van der Waals surface area (Å²) >= 11 is 0. The smallest absolute Gasteiger partial charge is 0.123 e. The standard InChI is InChI=1S/C11H15F.C10H14/c1-9(2)6-7-10-4-3-5-11(12)8-10;1-9(2)8-10-6-4-3-5-7-10/h3-5,8-9H,6-7H2,1-2H3;3-7,9H,8H2,1-2H3. The molecule has 0 saturated heterocycles. The summed E-state index contributed by atoms with van der Waals surface area (Å²) in [6.45, 7) is 8.85. The monoisotopic (exact) mass is 300 g/mol. The van der Waals surface area contributed by atoms with E-state index in [1.165, 1.54) is 18.1 Å². The molecule has 2 aromatic rings. The van der Waals surface area contributed by atoms with Crippen LogP contribution in [0.15, 0.2) is 54.6 Å². The summed E-state index contributed by atoms with van der Waals surface area (Å²) in [4.78, 5) is 0. The van der Waals surface area contributed by atoms with E-state index in [0.29, 0.717) is 5.92 Å². The second-order valence-corrected chi connectivity index (χ2v) is 6.65. The van der Waals surface area contributed by atoms with Gasteiger partial charge in [0.25, 0.3) is 0 Å². The summed E-state index contributed by atoms with van der Waals surface area (Å²) in [5.74, 6) is 1.33. The quantitative estimate of drug-likeness (QED) is 0.608. The normalized spacial score (nSPS) is 10.5. The van der Waals surface area contributed by atoms with Gasteiger partial charge >= 0.3 is 0 Å². The summed E-state index contributed by atoms with van der Waals surface area (Å²) in [5, 5.41) is 0. The number of rotatable bonds is 5. The molecule has 22 heavy (non-hydrogen) atoms. The van der Waals surface area contributed by atoms with Crippen molar-refractivity contribution in [3.63, 3.8) is 0 Å². The van der Waals surface area contributed by atoms with Gasteiger partial charge in [0.05, 0.1) is 0 Å². The van der Waals surface area contributed by atoms with Gasteiger partial charge in [0, 0.05) is 0 Å². The average molecular weight is 300 g/mol. The highest BCUT2D eigenvalue weighted by Crippen LogP contribution is 2.10. The number of hydrogen-bond acceptors (Lipinski definition) is 0. The fourth-order valence-electron chi connectivity index (χ4n) is 2.23. The van der Waals surface area contributed by atoms with E-state index in [0.717, 1.165) is 24.3 Å². The summed E-state index contributed by atoms with van der Waals surface area (Å²) in [6, 6.07) is 17.5. The van der Waals surface area contributed by atoms with Crippen molar-refractivity contribution in [1.29, 1.82) is 0 Å². The Hall–Kier alpha value is -1.63. The molecule has 1 heteroatoms. The molecule has 0 nitrogen and oxygen atoms in total. The Kier molecular flexibility index (Phi) is 8.50. The molecule has 0 aliphatic rings.